The van der Waals surface area contributed by atoms with Gasteiger partial charge in [-0.3, -0.25) is 10.0 Å². The van der Waals surface area contributed by atoms with E-state index in [1.165, 1.54) is 0 Å². The van der Waals surface area contributed by atoms with Crippen LogP contribution in [-0.2, 0) is 0 Å². The van der Waals surface area contributed by atoms with Gasteiger partial charge in [-0.05, 0) is 13.8 Å². The molecular formula is C9H21N5. The standard InChI is InChI=1S/C9H21N5/c1-6-14(11-4)7-9(2)12-8-13(5)10-3/h8-10H,4,6-7H2,1-3,5H3/b12-8-. The van der Waals surface area contributed by atoms with Crippen LogP contribution in [0.15, 0.2) is 10.1 Å². The minimum absolute atomic E-state index is 0.219. The van der Waals surface area contributed by atoms with Crippen molar-refractivity contribution < 1.29 is 0 Å². The van der Waals surface area contributed by atoms with Crippen molar-refractivity contribution in [3.63, 3.8) is 0 Å². The zero-order chi connectivity index (χ0) is 11.0. The second kappa shape index (κ2) is 7.32. The van der Waals surface area contributed by atoms with E-state index in [0.29, 0.717) is 0 Å². The molecule has 0 aliphatic carbocycles. The molecule has 14 heavy (non-hydrogen) atoms. The molecule has 0 saturated carbocycles. The molecule has 82 valence electrons. The summed E-state index contributed by atoms with van der Waals surface area (Å²) in [6.45, 7) is 9.26. The van der Waals surface area contributed by atoms with Gasteiger partial charge in [0, 0.05) is 27.4 Å². The lowest BCUT2D eigenvalue weighted by atomic mass is 10.3. The predicted molar refractivity (Wildman–Crippen MR) is 61.6 cm³/mol. The summed E-state index contributed by atoms with van der Waals surface area (Å²) in [6, 6.07) is 0.219. The molecule has 1 atom stereocenters. The zero-order valence-electron chi connectivity index (χ0n) is 9.56. The molecule has 0 aromatic rings. The maximum atomic E-state index is 4.34. The van der Waals surface area contributed by atoms with Crippen LogP contribution in [0.25, 0.3) is 0 Å². The van der Waals surface area contributed by atoms with Crippen molar-refractivity contribution in [3.8, 4) is 0 Å². The summed E-state index contributed by atoms with van der Waals surface area (Å²) in [5.41, 5.74) is 2.94. The minimum atomic E-state index is 0.219. The number of hydrogen-bond acceptors (Lipinski definition) is 4. The summed E-state index contributed by atoms with van der Waals surface area (Å²) >= 11 is 0. The summed E-state index contributed by atoms with van der Waals surface area (Å²) in [6.07, 6.45) is 1.77. The molecule has 1 N–H and O–H groups in total. The smallest absolute Gasteiger partial charge is 0.0993 e. The Morgan fingerprint density at radius 1 is 1.57 bits per heavy atom. The molecule has 0 saturated heterocycles. The molecule has 0 fully saturated rings. The van der Waals surface area contributed by atoms with E-state index >= 15 is 0 Å². The Morgan fingerprint density at radius 2 is 2.21 bits per heavy atom. The fourth-order valence-corrected chi connectivity index (χ4v) is 0.911. The van der Waals surface area contributed by atoms with Gasteiger partial charge in [-0.15, -0.1) is 0 Å². The summed E-state index contributed by atoms with van der Waals surface area (Å²) in [5.74, 6) is 0. The zero-order valence-corrected chi connectivity index (χ0v) is 9.56. The molecule has 0 aromatic carbocycles. The van der Waals surface area contributed by atoms with Gasteiger partial charge in [-0.1, -0.05) is 0 Å². The van der Waals surface area contributed by atoms with Crippen LogP contribution in [-0.4, -0.2) is 56.3 Å². The average Bonchev–Trinajstić information content (AvgIpc) is 2.22. The van der Waals surface area contributed by atoms with Gasteiger partial charge in [0.1, 0.15) is 0 Å². The number of nitrogens with one attached hydrogen (secondary N) is 1. The number of hydrazone groups is 1. The van der Waals surface area contributed by atoms with Crippen LogP contribution >= 0.6 is 0 Å². The fraction of sp³-hybridized carbons (Fsp3) is 0.778. The monoisotopic (exact) mass is 199 g/mol. The van der Waals surface area contributed by atoms with E-state index in [-0.39, 0.29) is 6.04 Å². The van der Waals surface area contributed by atoms with Crippen LogP contribution in [0.5, 0.6) is 0 Å². The van der Waals surface area contributed by atoms with Crippen molar-refractivity contribution in [2.24, 2.45) is 10.1 Å². The first-order chi connectivity index (χ1) is 6.63. The first-order valence-corrected chi connectivity index (χ1v) is 4.79. The number of hydrazine groups is 1. The molecule has 0 spiro atoms. The lowest BCUT2D eigenvalue weighted by molar-refractivity contribution is 0.291. The van der Waals surface area contributed by atoms with Gasteiger partial charge in [-0.25, -0.2) is 5.43 Å². The molecule has 0 heterocycles. The Kier molecular flexibility index (Phi) is 6.74. The summed E-state index contributed by atoms with van der Waals surface area (Å²) in [5, 5.41) is 7.56. The molecule has 0 bridgehead atoms. The number of rotatable bonds is 7. The third kappa shape index (κ3) is 5.53. The van der Waals surface area contributed by atoms with Gasteiger partial charge >= 0.3 is 0 Å². The molecule has 0 aliphatic heterocycles. The maximum Gasteiger partial charge on any atom is 0.0993 e. The second-order valence-electron chi connectivity index (χ2n) is 3.09. The molecule has 5 heteroatoms. The van der Waals surface area contributed by atoms with Crippen molar-refractivity contribution in [1.29, 1.82) is 0 Å². The molecule has 5 nitrogen and oxygen atoms in total. The van der Waals surface area contributed by atoms with Gasteiger partial charge in [0.05, 0.1) is 18.9 Å². The number of aliphatic imine (C=N–C) groups is 1. The van der Waals surface area contributed by atoms with Gasteiger partial charge in [0.15, 0.2) is 0 Å². The number of likely N-dealkylation sites (N-methyl/N-ethyl adjacent to an activating group) is 1. The highest BCUT2D eigenvalue weighted by Gasteiger charge is 2.03. The van der Waals surface area contributed by atoms with E-state index in [2.05, 4.69) is 22.2 Å². The highest BCUT2D eigenvalue weighted by Crippen LogP contribution is 1.95. The van der Waals surface area contributed by atoms with Crippen molar-refractivity contribution in [2.75, 3.05) is 27.2 Å². The van der Waals surface area contributed by atoms with E-state index < -0.39 is 0 Å². The first kappa shape index (κ1) is 12.9. The largest absolute Gasteiger partial charge is 0.302 e. The van der Waals surface area contributed by atoms with E-state index in [4.69, 9.17) is 0 Å². The Labute approximate surface area is 86.5 Å². The highest BCUT2D eigenvalue weighted by atomic mass is 15.5. The summed E-state index contributed by atoms with van der Waals surface area (Å²) in [7, 11) is 3.75. The van der Waals surface area contributed by atoms with Crippen LogP contribution in [0, 0.1) is 0 Å². The summed E-state index contributed by atoms with van der Waals surface area (Å²) in [4.78, 5) is 4.34. The van der Waals surface area contributed by atoms with Crippen LogP contribution in [0.3, 0.4) is 0 Å². The first-order valence-electron chi connectivity index (χ1n) is 4.79. The topological polar surface area (TPSA) is 43.2 Å². The lowest BCUT2D eigenvalue weighted by Gasteiger charge is -2.19. The Hall–Kier alpha value is -1.10. The van der Waals surface area contributed by atoms with Crippen molar-refractivity contribution in [2.45, 2.75) is 19.9 Å². The van der Waals surface area contributed by atoms with Crippen molar-refractivity contribution >= 4 is 13.1 Å². The molecule has 0 aliphatic rings. The predicted octanol–water partition coefficient (Wildman–Crippen LogP) is 0.407. The Bertz CT molecular complexity index is 180. The molecule has 0 amide bonds. The Balaban J connectivity index is 3.89. The quantitative estimate of drug-likeness (QED) is 0.367. The Morgan fingerprint density at radius 3 is 2.64 bits per heavy atom. The van der Waals surface area contributed by atoms with Crippen LogP contribution in [0.2, 0.25) is 0 Å². The number of nitrogens with zero attached hydrogens (tertiary/aromatic N) is 4. The number of hydrogen-bond donors (Lipinski definition) is 1. The summed E-state index contributed by atoms with van der Waals surface area (Å²) < 4.78 is 0. The normalized spacial score (nSPS) is 12.9. The second-order valence-corrected chi connectivity index (χ2v) is 3.09. The van der Waals surface area contributed by atoms with Gasteiger partial charge < -0.3 is 5.01 Å². The maximum absolute atomic E-state index is 4.34. The van der Waals surface area contributed by atoms with E-state index in [0.717, 1.165) is 13.1 Å². The van der Waals surface area contributed by atoms with Crippen molar-refractivity contribution in [3.05, 3.63) is 0 Å². The van der Waals surface area contributed by atoms with E-state index in [1.807, 2.05) is 33.0 Å². The third-order valence-electron chi connectivity index (χ3n) is 1.89. The highest BCUT2D eigenvalue weighted by molar-refractivity contribution is 5.53. The van der Waals surface area contributed by atoms with Gasteiger partial charge in [-0.2, -0.15) is 5.10 Å². The molecular weight excluding hydrogens is 178 g/mol. The van der Waals surface area contributed by atoms with Gasteiger partial charge in [0.25, 0.3) is 0 Å². The molecule has 0 aromatic heterocycles. The average molecular weight is 199 g/mol. The van der Waals surface area contributed by atoms with Crippen LogP contribution in [0.1, 0.15) is 13.8 Å². The van der Waals surface area contributed by atoms with Crippen LogP contribution in [0.4, 0.5) is 0 Å². The molecule has 0 radical (unpaired) electrons. The van der Waals surface area contributed by atoms with Gasteiger partial charge in [0.2, 0.25) is 0 Å². The minimum Gasteiger partial charge on any atom is -0.302 e. The molecule has 0 rings (SSSR count). The lowest BCUT2D eigenvalue weighted by Crippen LogP contribution is -2.31. The molecule has 1 unspecified atom stereocenters. The van der Waals surface area contributed by atoms with Crippen LogP contribution < -0.4 is 5.43 Å². The third-order valence-corrected chi connectivity index (χ3v) is 1.89. The SMILES string of the molecule is C=NN(CC)CC(C)/N=C\N(C)NC. The van der Waals surface area contributed by atoms with Crippen molar-refractivity contribution in [1.82, 2.24) is 15.4 Å². The van der Waals surface area contributed by atoms with E-state index in [1.54, 1.807) is 11.3 Å². The van der Waals surface area contributed by atoms with E-state index in [9.17, 15) is 0 Å². The fourth-order valence-electron chi connectivity index (χ4n) is 0.911.